The molecule has 4 heteroatoms. The van der Waals surface area contributed by atoms with E-state index in [2.05, 4.69) is 60.3 Å². The molecule has 4 nitrogen and oxygen atoms in total. The number of carboxylic acids is 2. The number of carboxylic acid groups (broad SMARTS) is 2. The van der Waals surface area contributed by atoms with E-state index in [4.69, 9.17) is 0 Å². The lowest BCUT2D eigenvalue weighted by atomic mass is 9.44. The van der Waals surface area contributed by atoms with Crippen LogP contribution in [-0.2, 0) is 9.59 Å². The minimum absolute atomic E-state index is 0.0324. The van der Waals surface area contributed by atoms with Crippen molar-refractivity contribution in [2.24, 2.45) is 39.9 Å². The fraction of sp³-hybridized carbons (Fsp3) is 0.733. The summed E-state index contributed by atoms with van der Waals surface area (Å²) in [6.07, 6.45) is 11.9. The van der Waals surface area contributed by atoms with Gasteiger partial charge >= 0.3 is 11.9 Å². The minimum Gasteiger partial charge on any atom is -0.481 e. The molecule has 0 aliphatic heterocycles. The van der Waals surface area contributed by atoms with E-state index in [-0.39, 0.29) is 34.5 Å². The highest BCUT2D eigenvalue weighted by molar-refractivity contribution is 5.70. The van der Waals surface area contributed by atoms with Crippen molar-refractivity contribution in [3.63, 3.8) is 0 Å². The number of hydrogen-bond donors (Lipinski definition) is 2. The van der Waals surface area contributed by atoms with Crippen LogP contribution in [0.15, 0.2) is 35.5 Å². The highest BCUT2D eigenvalue weighted by Crippen LogP contribution is 2.72. The van der Waals surface area contributed by atoms with Gasteiger partial charge in [-0.15, -0.1) is 0 Å². The number of rotatable bonds is 9. The summed E-state index contributed by atoms with van der Waals surface area (Å²) in [4.78, 5) is 24.0. The normalized spacial score (nSPS) is 37.7. The number of allylic oxidation sites excluding steroid dienone is 5. The van der Waals surface area contributed by atoms with Gasteiger partial charge in [-0.2, -0.15) is 0 Å². The maximum Gasteiger partial charge on any atom is 0.306 e. The highest BCUT2D eigenvalue weighted by Gasteiger charge is 2.64. The van der Waals surface area contributed by atoms with Crippen LogP contribution in [0.25, 0.3) is 0 Å². The van der Waals surface area contributed by atoms with Crippen LogP contribution in [-0.4, -0.2) is 22.2 Å². The summed E-state index contributed by atoms with van der Waals surface area (Å²) in [6.45, 7) is 17.6. The molecule has 0 bridgehead atoms. The average molecular weight is 471 g/mol. The third kappa shape index (κ3) is 4.42. The molecule has 2 N–H and O–H groups in total. The van der Waals surface area contributed by atoms with Crippen LogP contribution in [0, 0.1) is 39.9 Å². The van der Waals surface area contributed by atoms with Crippen molar-refractivity contribution in [3.8, 4) is 0 Å². The summed E-state index contributed by atoms with van der Waals surface area (Å²) in [5.41, 5.74) is 3.68. The van der Waals surface area contributed by atoms with Crippen molar-refractivity contribution in [1.82, 2.24) is 0 Å². The Bertz CT molecular complexity index is 893. The lowest BCUT2D eigenvalue weighted by Gasteiger charge is -2.60. The van der Waals surface area contributed by atoms with E-state index in [1.807, 2.05) is 0 Å². The van der Waals surface area contributed by atoms with Crippen LogP contribution in [0.3, 0.4) is 0 Å². The Morgan fingerprint density at radius 3 is 2.38 bits per heavy atom. The number of aliphatic carboxylic acids is 2. The van der Waals surface area contributed by atoms with Gasteiger partial charge in [0.1, 0.15) is 0 Å². The third-order valence-corrected chi connectivity index (χ3v) is 10.5. The standard InChI is InChI=1S/C30H46O4/c1-19(2)9-8-10-21(27(33)34)23-13-17-30(7)25-12-11-22(20(3)4)28(5,16-15-26(31)32)24(25)14-18-29(23,30)6/h9,12,21-24H,3,8,10-11,13-18H2,1-2,4-7H3,(H,31,32)(H,33,34)/t21-,22-,23-,24-,28-,29-,30+/m0/s1. The highest BCUT2D eigenvalue weighted by atomic mass is 16.4. The summed E-state index contributed by atoms with van der Waals surface area (Å²) < 4.78 is 0. The Kier molecular flexibility index (Phi) is 7.60. The zero-order valence-electron chi connectivity index (χ0n) is 22.2. The predicted molar refractivity (Wildman–Crippen MR) is 137 cm³/mol. The second-order valence-electron chi connectivity index (χ2n) is 12.5. The molecule has 3 aliphatic rings. The molecule has 0 aromatic carbocycles. The van der Waals surface area contributed by atoms with Crippen LogP contribution in [0.2, 0.25) is 0 Å². The molecule has 0 amide bonds. The summed E-state index contributed by atoms with van der Waals surface area (Å²) in [5, 5.41) is 19.7. The second kappa shape index (κ2) is 9.66. The Hall–Kier alpha value is -1.84. The van der Waals surface area contributed by atoms with Crippen molar-refractivity contribution in [1.29, 1.82) is 0 Å². The Morgan fingerprint density at radius 2 is 1.82 bits per heavy atom. The molecule has 2 fully saturated rings. The molecule has 190 valence electrons. The van der Waals surface area contributed by atoms with Crippen LogP contribution >= 0.6 is 0 Å². The quantitative estimate of drug-likeness (QED) is 0.339. The minimum atomic E-state index is -0.730. The van der Waals surface area contributed by atoms with Gasteiger partial charge in [-0.1, -0.05) is 56.2 Å². The van der Waals surface area contributed by atoms with E-state index in [1.54, 1.807) is 0 Å². The fourth-order valence-corrected chi connectivity index (χ4v) is 8.37. The maximum atomic E-state index is 12.4. The van der Waals surface area contributed by atoms with E-state index in [0.717, 1.165) is 44.1 Å². The zero-order valence-corrected chi connectivity index (χ0v) is 22.2. The van der Waals surface area contributed by atoms with Crippen LogP contribution in [0.1, 0.15) is 99.3 Å². The first-order valence-corrected chi connectivity index (χ1v) is 13.2. The van der Waals surface area contributed by atoms with E-state index in [1.165, 1.54) is 11.1 Å². The molecule has 0 aromatic heterocycles. The van der Waals surface area contributed by atoms with E-state index < -0.39 is 11.9 Å². The number of carbonyl (C=O) groups is 2. The summed E-state index contributed by atoms with van der Waals surface area (Å²) >= 11 is 0. The first-order chi connectivity index (χ1) is 15.8. The molecule has 0 radical (unpaired) electrons. The summed E-state index contributed by atoms with van der Waals surface area (Å²) in [6, 6.07) is 0. The smallest absolute Gasteiger partial charge is 0.306 e. The molecule has 0 spiro atoms. The van der Waals surface area contributed by atoms with Crippen molar-refractivity contribution >= 4 is 11.9 Å². The third-order valence-electron chi connectivity index (χ3n) is 10.5. The van der Waals surface area contributed by atoms with Crippen molar-refractivity contribution < 1.29 is 19.8 Å². The molecule has 0 unspecified atom stereocenters. The Labute approximate surface area is 206 Å². The molecule has 2 saturated carbocycles. The van der Waals surface area contributed by atoms with E-state index >= 15 is 0 Å². The Morgan fingerprint density at radius 1 is 1.15 bits per heavy atom. The van der Waals surface area contributed by atoms with Gasteiger partial charge in [0.05, 0.1) is 5.92 Å². The largest absolute Gasteiger partial charge is 0.481 e. The maximum absolute atomic E-state index is 12.4. The fourth-order valence-electron chi connectivity index (χ4n) is 8.37. The van der Waals surface area contributed by atoms with Gasteiger partial charge in [-0.05, 0) is 106 Å². The topological polar surface area (TPSA) is 74.6 Å². The lowest BCUT2D eigenvalue weighted by Crippen LogP contribution is -2.52. The molecule has 7 atom stereocenters. The van der Waals surface area contributed by atoms with Crippen LogP contribution in [0.5, 0.6) is 0 Å². The zero-order chi connectivity index (χ0) is 25.5. The number of hydrogen-bond acceptors (Lipinski definition) is 2. The van der Waals surface area contributed by atoms with Gasteiger partial charge in [0.25, 0.3) is 0 Å². The molecule has 3 aliphatic carbocycles. The molecule has 3 rings (SSSR count). The second-order valence-corrected chi connectivity index (χ2v) is 12.5. The lowest BCUT2D eigenvalue weighted by molar-refractivity contribution is -0.147. The van der Waals surface area contributed by atoms with Gasteiger partial charge in [-0.3, -0.25) is 9.59 Å². The summed E-state index contributed by atoms with van der Waals surface area (Å²) in [7, 11) is 0. The van der Waals surface area contributed by atoms with Crippen LogP contribution < -0.4 is 0 Å². The molecular weight excluding hydrogens is 424 g/mol. The van der Waals surface area contributed by atoms with Crippen molar-refractivity contribution in [2.75, 3.05) is 0 Å². The molecule has 0 aromatic rings. The summed E-state index contributed by atoms with van der Waals surface area (Å²) in [5.74, 6) is -0.886. The van der Waals surface area contributed by atoms with Gasteiger partial charge < -0.3 is 10.2 Å². The monoisotopic (exact) mass is 470 g/mol. The molecule has 0 heterocycles. The van der Waals surface area contributed by atoms with E-state index in [9.17, 15) is 19.8 Å². The van der Waals surface area contributed by atoms with Crippen molar-refractivity contribution in [2.45, 2.75) is 99.3 Å². The molecule has 34 heavy (non-hydrogen) atoms. The van der Waals surface area contributed by atoms with Gasteiger partial charge in [-0.25, -0.2) is 0 Å². The molecular formula is C30H46O4. The average Bonchev–Trinajstić information content (AvgIpc) is 3.01. The number of fused-ring (bicyclic) bond motifs is 3. The van der Waals surface area contributed by atoms with E-state index in [0.29, 0.717) is 24.7 Å². The van der Waals surface area contributed by atoms with Gasteiger partial charge in [0.15, 0.2) is 0 Å². The molecule has 0 saturated heterocycles. The predicted octanol–water partition coefficient (Wildman–Crippen LogP) is 7.66. The van der Waals surface area contributed by atoms with Crippen LogP contribution in [0.4, 0.5) is 0 Å². The van der Waals surface area contributed by atoms with Crippen molar-refractivity contribution in [3.05, 3.63) is 35.5 Å². The van der Waals surface area contributed by atoms with Gasteiger partial charge in [0.2, 0.25) is 0 Å². The van der Waals surface area contributed by atoms with Gasteiger partial charge in [0, 0.05) is 6.42 Å². The SMILES string of the molecule is C=C(C)[C@@H]1CC=C2[C@H](CC[C@@]3(C)[C@H]([C@H](CCC=C(C)C)C(=O)O)CC[C@]23C)[C@@]1(C)CCC(=O)O. The first-order valence-electron chi connectivity index (χ1n) is 13.2. The Balaban J connectivity index is 1.97. The first kappa shape index (κ1) is 26.8.